The molecule has 0 aliphatic carbocycles. The molecule has 10 nitrogen and oxygen atoms in total. The highest BCUT2D eigenvalue weighted by atomic mass is 35.5. The van der Waals surface area contributed by atoms with Crippen molar-refractivity contribution >= 4 is 57.4 Å². The van der Waals surface area contributed by atoms with E-state index in [1.165, 1.54) is 0 Å². The van der Waals surface area contributed by atoms with Crippen LogP contribution < -0.4 is 15.6 Å². The maximum atomic E-state index is 14.6. The van der Waals surface area contributed by atoms with Crippen LogP contribution in [0.25, 0.3) is 33.4 Å². The van der Waals surface area contributed by atoms with Gasteiger partial charge in [-0.25, -0.2) is 15.4 Å². The minimum absolute atomic E-state index is 0.101. The summed E-state index contributed by atoms with van der Waals surface area (Å²) in [7, 11) is 1.77. The zero-order valence-electron chi connectivity index (χ0n) is 28.2. The number of amides is 2. The normalized spacial score (nSPS) is 16.3. The minimum Gasteiger partial charge on any atom is -0.355 e. The number of rotatable bonds is 7. The molecule has 6 aromatic rings. The second-order valence-corrected chi connectivity index (χ2v) is 14.2. The van der Waals surface area contributed by atoms with Gasteiger partial charge in [0, 0.05) is 70.4 Å². The van der Waals surface area contributed by atoms with Crippen molar-refractivity contribution in [3.8, 4) is 22.5 Å². The highest BCUT2D eigenvalue weighted by Gasteiger charge is 2.44. The molecule has 2 fully saturated rings. The van der Waals surface area contributed by atoms with Gasteiger partial charge in [0.2, 0.25) is 5.91 Å². The molecule has 8 rings (SSSR count). The Labute approximate surface area is 305 Å². The lowest BCUT2D eigenvalue weighted by atomic mass is 9.86. The first-order valence-corrected chi connectivity index (χ1v) is 17.7. The zero-order chi connectivity index (χ0) is 35.3. The predicted octanol–water partition coefficient (Wildman–Crippen LogP) is 7.97. The molecule has 2 aliphatic heterocycles. The van der Waals surface area contributed by atoms with Gasteiger partial charge in [0.15, 0.2) is 5.82 Å². The fourth-order valence-electron chi connectivity index (χ4n) is 7.43. The Morgan fingerprint density at radius 2 is 1.69 bits per heavy atom. The number of piperidine rings is 1. The van der Waals surface area contributed by atoms with Crippen molar-refractivity contribution in [2.24, 2.45) is 0 Å². The van der Waals surface area contributed by atoms with Crippen LogP contribution in [-0.4, -0.2) is 62.0 Å². The number of hydrazine groups is 1. The number of hydrogen-bond donors (Lipinski definition) is 3. The number of anilines is 2. The number of imidazole rings is 1. The number of hydrogen-bond acceptors (Lipinski definition) is 6. The highest BCUT2D eigenvalue weighted by molar-refractivity contribution is 6.31. The van der Waals surface area contributed by atoms with E-state index in [4.69, 9.17) is 33.2 Å². The number of pyridine rings is 1. The van der Waals surface area contributed by atoms with E-state index in [1.807, 2.05) is 91.3 Å². The number of aromatic amines is 1. The first-order valence-electron chi connectivity index (χ1n) is 16.9. The number of aromatic nitrogens is 4. The number of carbonyl (C=O) groups excluding carboxylic acids is 2. The van der Waals surface area contributed by atoms with Crippen molar-refractivity contribution in [1.82, 2.24) is 30.0 Å². The van der Waals surface area contributed by atoms with Crippen LogP contribution in [0.1, 0.15) is 48.3 Å². The third kappa shape index (κ3) is 6.13. The van der Waals surface area contributed by atoms with Crippen molar-refractivity contribution in [3.63, 3.8) is 0 Å². The van der Waals surface area contributed by atoms with Crippen LogP contribution in [0.15, 0.2) is 97.5 Å². The summed E-state index contributed by atoms with van der Waals surface area (Å²) in [6.45, 7) is 3.48. The molecule has 5 heterocycles. The largest absolute Gasteiger partial charge is 0.355 e. The maximum Gasteiger partial charge on any atom is 0.272 e. The lowest BCUT2D eigenvalue weighted by Gasteiger charge is -2.39. The van der Waals surface area contributed by atoms with Crippen LogP contribution in [-0.2, 0) is 4.79 Å². The average molecular weight is 720 g/mol. The summed E-state index contributed by atoms with van der Waals surface area (Å²) in [5.41, 5.74) is 9.04. The summed E-state index contributed by atoms with van der Waals surface area (Å²) >= 11 is 12.8. The molecule has 51 heavy (non-hydrogen) atoms. The second-order valence-electron chi connectivity index (χ2n) is 13.3. The van der Waals surface area contributed by atoms with Gasteiger partial charge >= 0.3 is 0 Å². The molecular formula is C39H36Cl2N8O2. The fourth-order valence-corrected chi connectivity index (χ4v) is 7.73. The summed E-state index contributed by atoms with van der Waals surface area (Å²) in [6.07, 6.45) is 5.60. The molecule has 12 heteroatoms. The number of nitrogens with one attached hydrogen (secondary N) is 3. The second kappa shape index (κ2) is 13.2. The van der Waals surface area contributed by atoms with E-state index in [9.17, 15) is 9.59 Å². The summed E-state index contributed by atoms with van der Waals surface area (Å²) in [6, 6.07) is 26.9. The van der Waals surface area contributed by atoms with Gasteiger partial charge in [-0.3, -0.25) is 14.6 Å². The van der Waals surface area contributed by atoms with Crippen LogP contribution in [0.4, 0.5) is 11.5 Å². The Balaban J connectivity index is 1.20. The molecule has 0 bridgehead atoms. The van der Waals surface area contributed by atoms with Crippen molar-refractivity contribution in [2.75, 3.05) is 30.4 Å². The van der Waals surface area contributed by atoms with Gasteiger partial charge in [0.05, 0.1) is 29.4 Å². The SMILES string of the molecule is CC(c1ccc(Cl)cc1)n1cnc(-c2ccccc2)c1-c1c(C(=O)Nc2cccnc2N2CCC3(CC2)CC(=O)N(C)N3)[nH]c2cc(Cl)ccc12. The quantitative estimate of drug-likeness (QED) is 0.154. The fraction of sp³-hybridized carbons (Fsp3) is 0.231. The number of fused-ring (bicyclic) bond motifs is 1. The maximum absolute atomic E-state index is 14.6. The summed E-state index contributed by atoms with van der Waals surface area (Å²) in [5, 5.41) is 6.84. The molecule has 2 amide bonds. The number of halogens is 2. The molecule has 2 aliphatic rings. The molecule has 258 valence electrons. The van der Waals surface area contributed by atoms with E-state index in [-0.39, 0.29) is 23.4 Å². The van der Waals surface area contributed by atoms with Gasteiger partial charge in [-0.2, -0.15) is 0 Å². The van der Waals surface area contributed by atoms with Gasteiger partial charge in [-0.15, -0.1) is 0 Å². The van der Waals surface area contributed by atoms with E-state index < -0.39 is 0 Å². The van der Waals surface area contributed by atoms with Gasteiger partial charge in [0.1, 0.15) is 5.69 Å². The van der Waals surface area contributed by atoms with E-state index in [2.05, 4.69) is 32.1 Å². The number of carbonyl (C=O) groups is 2. The topological polar surface area (TPSA) is 111 Å². The van der Waals surface area contributed by atoms with Crippen LogP contribution in [0.2, 0.25) is 10.0 Å². The number of H-pyrrole nitrogens is 1. The molecular weight excluding hydrogens is 683 g/mol. The van der Waals surface area contributed by atoms with E-state index >= 15 is 0 Å². The molecule has 3 aromatic heterocycles. The third-order valence-electron chi connectivity index (χ3n) is 10.2. The Hall–Kier alpha value is -5.16. The Morgan fingerprint density at radius 1 is 0.941 bits per heavy atom. The number of benzene rings is 3. The molecule has 1 atom stereocenters. The molecule has 1 unspecified atom stereocenters. The molecule has 1 spiro atoms. The third-order valence-corrected chi connectivity index (χ3v) is 10.6. The number of nitrogens with zero attached hydrogens (tertiary/aromatic N) is 5. The molecule has 3 aromatic carbocycles. The Morgan fingerprint density at radius 3 is 2.41 bits per heavy atom. The van der Waals surface area contributed by atoms with Crippen LogP contribution in [0, 0.1) is 0 Å². The van der Waals surface area contributed by atoms with Crippen molar-refractivity contribution in [2.45, 2.75) is 37.8 Å². The van der Waals surface area contributed by atoms with Crippen molar-refractivity contribution < 1.29 is 9.59 Å². The summed E-state index contributed by atoms with van der Waals surface area (Å²) in [4.78, 5) is 42.2. The summed E-state index contributed by atoms with van der Waals surface area (Å²) < 4.78 is 2.11. The van der Waals surface area contributed by atoms with Gasteiger partial charge in [0.25, 0.3) is 5.91 Å². The Kier molecular flexibility index (Phi) is 8.54. The van der Waals surface area contributed by atoms with Gasteiger partial charge < -0.3 is 19.8 Å². The first-order chi connectivity index (χ1) is 24.7. The van der Waals surface area contributed by atoms with Gasteiger partial charge in [-0.1, -0.05) is 71.7 Å². The lowest BCUT2D eigenvalue weighted by Crippen LogP contribution is -2.52. The average Bonchev–Trinajstić information content (AvgIpc) is 3.81. The van der Waals surface area contributed by atoms with Crippen LogP contribution in [0.5, 0.6) is 0 Å². The molecule has 0 radical (unpaired) electrons. The molecule has 0 saturated carbocycles. The zero-order valence-corrected chi connectivity index (χ0v) is 29.7. The van der Waals surface area contributed by atoms with Gasteiger partial charge in [-0.05, 0) is 61.7 Å². The first kappa shape index (κ1) is 33.0. The van der Waals surface area contributed by atoms with Crippen LogP contribution >= 0.6 is 23.2 Å². The van der Waals surface area contributed by atoms with Crippen molar-refractivity contribution in [1.29, 1.82) is 0 Å². The van der Waals surface area contributed by atoms with Crippen LogP contribution in [0.3, 0.4) is 0 Å². The Bertz CT molecular complexity index is 2260. The monoisotopic (exact) mass is 718 g/mol. The highest BCUT2D eigenvalue weighted by Crippen LogP contribution is 2.42. The molecule has 3 N–H and O–H groups in total. The summed E-state index contributed by atoms with van der Waals surface area (Å²) in [5.74, 6) is 0.463. The van der Waals surface area contributed by atoms with E-state index in [1.54, 1.807) is 18.3 Å². The standard InChI is InChI=1S/C39H36Cl2N8O2/c1-24(25-10-12-27(40)13-11-25)49-23-43-34(26-7-4-3-5-8-26)36(49)33-29-15-14-28(41)21-31(29)44-35(33)38(51)45-30-9-6-18-42-37(30)48-19-16-39(17-20-48)22-32(50)47(2)46-39/h3-15,18,21,23-24,44,46H,16-17,19-20,22H2,1-2H3,(H,45,51). The minimum atomic E-state index is -0.323. The smallest absolute Gasteiger partial charge is 0.272 e. The predicted molar refractivity (Wildman–Crippen MR) is 202 cm³/mol. The lowest BCUT2D eigenvalue weighted by molar-refractivity contribution is -0.128. The van der Waals surface area contributed by atoms with E-state index in [0.29, 0.717) is 52.3 Å². The van der Waals surface area contributed by atoms with E-state index in [0.717, 1.165) is 46.3 Å². The van der Waals surface area contributed by atoms with Crippen molar-refractivity contribution in [3.05, 3.63) is 119 Å². The molecule has 2 saturated heterocycles.